The molecule has 0 aromatic heterocycles. The van der Waals surface area contributed by atoms with Gasteiger partial charge in [0.25, 0.3) is 5.78 Å². The van der Waals surface area contributed by atoms with Crippen LogP contribution in [0.2, 0.25) is 0 Å². The summed E-state index contributed by atoms with van der Waals surface area (Å²) in [5.74, 6) is -1.90. The summed E-state index contributed by atoms with van der Waals surface area (Å²) in [5.41, 5.74) is -0.839. The minimum atomic E-state index is -4.96. The van der Waals surface area contributed by atoms with Crippen molar-refractivity contribution in [2.24, 2.45) is 4.99 Å². The average molecular weight is 298 g/mol. The van der Waals surface area contributed by atoms with E-state index in [0.717, 1.165) is 5.06 Å². The lowest BCUT2D eigenvalue weighted by molar-refractivity contribution is -0.165. The molecule has 2 rings (SSSR count). The van der Waals surface area contributed by atoms with E-state index in [0.29, 0.717) is 11.6 Å². The second-order valence-electron chi connectivity index (χ2n) is 5.06. The molecular weight excluding hydrogens is 285 g/mol. The summed E-state index contributed by atoms with van der Waals surface area (Å²) in [5, 5.41) is 10.9. The molecule has 0 atom stereocenters. The van der Waals surface area contributed by atoms with Gasteiger partial charge < -0.3 is 0 Å². The van der Waals surface area contributed by atoms with Crippen LogP contribution in [0.1, 0.15) is 19.4 Å². The lowest BCUT2D eigenvalue weighted by Gasteiger charge is -2.28. The van der Waals surface area contributed by atoms with Crippen LogP contribution in [0.15, 0.2) is 47.1 Å². The van der Waals surface area contributed by atoms with E-state index in [4.69, 9.17) is 0 Å². The van der Waals surface area contributed by atoms with Gasteiger partial charge in [0, 0.05) is 11.6 Å². The molecule has 1 aromatic rings. The molecule has 0 bridgehead atoms. The van der Waals surface area contributed by atoms with Crippen LogP contribution in [0.3, 0.4) is 0 Å². The van der Waals surface area contributed by atoms with Crippen LogP contribution in [0, 0.1) is 0 Å². The van der Waals surface area contributed by atoms with Gasteiger partial charge in [-0.25, -0.2) is 10.1 Å². The van der Waals surface area contributed by atoms with Gasteiger partial charge in [0.2, 0.25) is 0 Å². The van der Waals surface area contributed by atoms with Crippen LogP contribution in [-0.4, -0.2) is 33.6 Å². The minimum Gasteiger partial charge on any atom is -0.286 e. The van der Waals surface area contributed by atoms with Crippen molar-refractivity contribution in [1.82, 2.24) is 5.06 Å². The highest BCUT2D eigenvalue weighted by Gasteiger charge is 2.43. The Hall–Kier alpha value is -2.15. The summed E-state index contributed by atoms with van der Waals surface area (Å²) in [6.07, 6.45) is -4.55. The summed E-state index contributed by atoms with van der Waals surface area (Å²) in [6, 6.07) is 8.50. The van der Waals surface area contributed by atoms with Crippen molar-refractivity contribution in [1.29, 1.82) is 0 Å². The Morgan fingerprint density at radius 3 is 2.38 bits per heavy atom. The molecule has 0 spiro atoms. The fourth-order valence-corrected chi connectivity index (χ4v) is 1.86. The third kappa shape index (κ3) is 2.82. The standard InChI is InChI=1S/C14H13F3N2O2/c1-13(2)10(8-11(20)14(15,16)17)18-12(19(13)21)9-6-4-3-5-7-9/h3-8,21H,1-2H3/b10-8-. The van der Waals surface area contributed by atoms with E-state index in [1.54, 1.807) is 30.3 Å². The van der Waals surface area contributed by atoms with Gasteiger partial charge in [-0.1, -0.05) is 30.3 Å². The number of rotatable bonds is 2. The SMILES string of the molecule is CC1(C)/C(=C/C(=O)C(F)(F)F)N=C(c2ccccc2)N1O. The van der Waals surface area contributed by atoms with Crippen LogP contribution in [0.4, 0.5) is 13.2 Å². The van der Waals surface area contributed by atoms with Gasteiger partial charge in [0.1, 0.15) is 5.54 Å². The second kappa shape index (κ2) is 5.00. The highest BCUT2D eigenvalue weighted by molar-refractivity contribution is 6.02. The monoisotopic (exact) mass is 298 g/mol. The van der Waals surface area contributed by atoms with Crippen molar-refractivity contribution in [3.8, 4) is 0 Å². The maximum atomic E-state index is 12.4. The summed E-state index contributed by atoms with van der Waals surface area (Å²) < 4.78 is 37.1. The molecule has 0 saturated carbocycles. The number of hydrogen-bond acceptors (Lipinski definition) is 4. The molecule has 1 aromatic carbocycles. The Morgan fingerprint density at radius 1 is 1.29 bits per heavy atom. The average Bonchev–Trinajstić information content (AvgIpc) is 2.62. The molecule has 1 N–H and O–H groups in total. The lowest BCUT2D eigenvalue weighted by atomic mass is 10.0. The molecule has 0 amide bonds. The summed E-state index contributed by atoms with van der Waals surface area (Å²) in [6.45, 7) is 2.95. The Morgan fingerprint density at radius 2 is 1.86 bits per heavy atom. The van der Waals surface area contributed by atoms with Crippen molar-refractivity contribution in [3.05, 3.63) is 47.7 Å². The number of nitrogens with zero attached hydrogens (tertiary/aromatic N) is 2. The predicted octanol–water partition coefficient (Wildman–Crippen LogP) is 2.93. The third-order valence-electron chi connectivity index (χ3n) is 3.16. The van der Waals surface area contributed by atoms with Gasteiger partial charge in [0.15, 0.2) is 5.84 Å². The van der Waals surface area contributed by atoms with Gasteiger partial charge in [-0.3, -0.25) is 10.0 Å². The van der Waals surface area contributed by atoms with Crippen LogP contribution >= 0.6 is 0 Å². The van der Waals surface area contributed by atoms with Crippen molar-refractivity contribution in [3.63, 3.8) is 0 Å². The molecule has 21 heavy (non-hydrogen) atoms. The Bertz CT molecular complexity index is 619. The Labute approximate surface area is 119 Å². The molecule has 0 radical (unpaired) electrons. The second-order valence-corrected chi connectivity index (χ2v) is 5.06. The number of allylic oxidation sites excluding steroid dienone is 1. The number of hydroxylamine groups is 2. The van der Waals surface area contributed by atoms with Gasteiger partial charge >= 0.3 is 6.18 Å². The van der Waals surface area contributed by atoms with Crippen molar-refractivity contribution in [2.45, 2.75) is 25.6 Å². The highest BCUT2D eigenvalue weighted by atomic mass is 19.4. The third-order valence-corrected chi connectivity index (χ3v) is 3.16. The topological polar surface area (TPSA) is 52.9 Å². The van der Waals surface area contributed by atoms with E-state index in [1.165, 1.54) is 13.8 Å². The zero-order valence-corrected chi connectivity index (χ0v) is 11.3. The zero-order chi connectivity index (χ0) is 15.8. The van der Waals surface area contributed by atoms with Crippen molar-refractivity contribution in [2.75, 3.05) is 0 Å². The molecule has 7 heteroatoms. The first kappa shape index (κ1) is 15.2. The minimum absolute atomic E-state index is 0.0989. The van der Waals surface area contributed by atoms with E-state index in [9.17, 15) is 23.2 Å². The first-order valence-electron chi connectivity index (χ1n) is 6.10. The van der Waals surface area contributed by atoms with E-state index >= 15 is 0 Å². The number of alkyl halides is 3. The molecule has 112 valence electrons. The molecule has 1 aliphatic heterocycles. The Kier molecular flexibility index (Phi) is 3.63. The number of hydrogen-bond donors (Lipinski definition) is 1. The summed E-state index contributed by atoms with van der Waals surface area (Å²) in [7, 11) is 0. The molecule has 0 saturated heterocycles. The maximum Gasteiger partial charge on any atom is 0.454 e. The number of ketones is 1. The maximum absolute atomic E-state index is 12.4. The largest absolute Gasteiger partial charge is 0.454 e. The van der Waals surface area contributed by atoms with E-state index in [1.807, 2.05) is 0 Å². The number of aliphatic imine (C=N–C) groups is 1. The van der Waals surface area contributed by atoms with Gasteiger partial charge in [-0.05, 0) is 13.8 Å². The number of amidine groups is 1. The molecule has 1 aliphatic rings. The highest BCUT2D eigenvalue weighted by Crippen LogP contribution is 2.33. The molecule has 1 heterocycles. The van der Waals surface area contributed by atoms with Crippen LogP contribution in [-0.2, 0) is 4.79 Å². The van der Waals surface area contributed by atoms with Crippen LogP contribution in [0.25, 0.3) is 0 Å². The van der Waals surface area contributed by atoms with Gasteiger partial charge in [-0.15, -0.1) is 0 Å². The number of benzene rings is 1. The van der Waals surface area contributed by atoms with E-state index < -0.39 is 17.5 Å². The first-order chi connectivity index (χ1) is 9.64. The fraction of sp³-hybridized carbons (Fsp3) is 0.286. The van der Waals surface area contributed by atoms with Crippen LogP contribution < -0.4 is 0 Å². The lowest BCUT2D eigenvalue weighted by Crippen LogP contribution is -2.41. The molecular formula is C14H13F3N2O2. The van der Waals surface area contributed by atoms with Crippen LogP contribution in [0.5, 0.6) is 0 Å². The molecule has 0 fully saturated rings. The number of carbonyl (C=O) groups excluding carboxylic acids is 1. The van der Waals surface area contributed by atoms with E-state index in [2.05, 4.69) is 4.99 Å². The molecule has 4 nitrogen and oxygen atoms in total. The van der Waals surface area contributed by atoms with Crippen molar-refractivity contribution < 1.29 is 23.2 Å². The van der Waals surface area contributed by atoms with E-state index in [-0.39, 0.29) is 11.5 Å². The molecule has 0 unspecified atom stereocenters. The molecule has 0 aliphatic carbocycles. The summed E-state index contributed by atoms with van der Waals surface area (Å²) in [4.78, 5) is 15.1. The quantitative estimate of drug-likeness (QED) is 0.854. The van der Waals surface area contributed by atoms with Gasteiger partial charge in [-0.2, -0.15) is 13.2 Å². The number of carbonyl (C=O) groups is 1. The first-order valence-corrected chi connectivity index (χ1v) is 6.10. The predicted molar refractivity (Wildman–Crippen MR) is 69.8 cm³/mol. The fourth-order valence-electron chi connectivity index (χ4n) is 1.86. The normalized spacial score (nSPS) is 19.8. The van der Waals surface area contributed by atoms with Gasteiger partial charge in [0.05, 0.1) is 5.70 Å². The summed E-state index contributed by atoms with van der Waals surface area (Å²) >= 11 is 0. The zero-order valence-electron chi connectivity index (χ0n) is 11.3. The number of halogens is 3. The smallest absolute Gasteiger partial charge is 0.286 e. The Balaban J connectivity index is 2.45. The van der Waals surface area contributed by atoms with Crippen molar-refractivity contribution >= 4 is 11.6 Å².